The van der Waals surface area contributed by atoms with Gasteiger partial charge in [-0.25, -0.2) is 0 Å². The summed E-state index contributed by atoms with van der Waals surface area (Å²) in [6.07, 6.45) is 5.41. The van der Waals surface area contributed by atoms with E-state index >= 15 is 0 Å². The Bertz CT molecular complexity index is 336. The number of aliphatic hydroxyl groups excluding tert-OH is 1. The molecule has 4 nitrogen and oxygen atoms in total. The van der Waals surface area contributed by atoms with Crippen molar-refractivity contribution in [2.24, 2.45) is 5.41 Å². The summed E-state index contributed by atoms with van der Waals surface area (Å²) >= 11 is 0. The molecular formula is C14H23NO3. The molecule has 1 heterocycles. The smallest absolute Gasteiger partial charge is 0.230 e. The minimum atomic E-state index is -0.608. The van der Waals surface area contributed by atoms with Gasteiger partial charge in [0.2, 0.25) is 11.8 Å². The number of carbonyl (C=O) groups excluding carboxylic acids is 2. The third-order valence-corrected chi connectivity index (χ3v) is 4.31. The number of carbonyl (C=O) groups is 2. The van der Waals surface area contributed by atoms with Crippen molar-refractivity contribution in [2.45, 2.75) is 64.3 Å². The fraction of sp³-hybridized carbons (Fsp3) is 0.857. The van der Waals surface area contributed by atoms with E-state index in [1.807, 2.05) is 13.8 Å². The quantitative estimate of drug-likeness (QED) is 0.764. The van der Waals surface area contributed by atoms with Gasteiger partial charge in [-0.15, -0.1) is 0 Å². The second-order valence-electron chi connectivity index (χ2n) is 6.58. The SMILES string of the molecule is CC1(C)CC(=O)N(C2(CO)CCCCC2)C(=O)C1. The molecule has 18 heavy (non-hydrogen) atoms. The molecule has 0 spiro atoms. The zero-order valence-electron chi connectivity index (χ0n) is 11.4. The summed E-state index contributed by atoms with van der Waals surface area (Å²) in [5.74, 6) is -0.209. The fourth-order valence-corrected chi connectivity index (χ4v) is 3.37. The molecule has 0 unspecified atom stereocenters. The highest BCUT2D eigenvalue weighted by Crippen LogP contribution is 2.40. The summed E-state index contributed by atoms with van der Waals surface area (Å²) in [7, 11) is 0. The van der Waals surface area contributed by atoms with E-state index < -0.39 is 5.54 Å². The lowest BCUT2D eigenvalue weighted by Gasteiger charge is -2.48. The van der Waals surface area contributed by atoms with Gasteiger partial charge in [-0.05, 0) is 18.3 Å². The van der Waals surface area contributed by atoms with Crippen LogP contribution < -0.4 is 0 Å². The summed E-state index contributed by atoms with van der Waals surface area (Å²) in [5, 5.41) is 9.71. The molecule has 1 saturated carbocycles. The highest BCUT2D eigenvalue weighted by molar-refractivity contribution is 5.99. The van der Waals surface area contributed by atoms with Gasteiger partial charge in [0.15, 0.2) is 0 Å². The van der Waals surface area contributed by atoms with Crippen molar-refractivity contribution in [3.8, 4) is 0 Å². The number of imide groups is 1. The Balaban J connectivity index is 2.25. The van der Waals surface area contributed by atoms with Crippen molar-refractivity contribution >= 4 is 11.8 Å². The summed E-state index contributed by atoms with van der Waals surface area (Å²) in [6, 6.07) is 0. The summed E-state index contributed by atoms with van der Waals surface area (Å²) < 4.78 is 0. The van der Waals surface area contributed by atoms with Gasteiger partial charge in [0.05, 0.1) is 12.1 Å². The first-order valence-corrected chi connectivity index (χ1v) is 6.87. The van der Waals surface area contributed by atoms with Gasteiger partial charge in [-0.1, -0.05) is 33.1 Å². The second kappa shape index (κ2) is 4.65. The topological polar surface area (TPSA) is 57.6 Å². The van der Waals surface area contributed by atoms with E-state index in [-0.39, 0.29) is 23.8 Å². The highest BCUT2D eigenvalue weighted by atomic mass is 16.3. The van der Waals surface area contributed by atoms with Crippen LogP contribution in [0, 0.1) is 5.41 Å². The van der Waals surface area contributed by atoms with Gasteiger partial charge in [0, 0.05) is 12.8 Å². The molecule has 0 aromatic heterocycles. The second-order valence-corrected chi connectivity index (χ2v) is 6.58. The molecule has 0 aromatic rings. The average molecular weight is 253 g/mol. The van der Waals surface area contributed by atoms with E-state index in [1.54, 1.807) is 0 Å². The number of amides is 2. The van der Waals surface area contributed by atoms with Crippen molar-refractivity contribution in [3.05, 3.63) is 0 Å². The molecule has 1 aliphatic carbocycles. The van der Waals surface area contributed by atoms with E-state index in [0.29, 0.717) is 12.8 Å². The fourth-order valence-electron chi connectivity index (χ4n) is 3.37. The van der Waals surface area contributed by atoms with Crippen molar-refractivity contribution in [1.82, 2.24) is 4.90 Å². The number of piperidine rings is 1. The highest BCUT2D eigenvalue weighted by Gasteiger charge is 2.48. The van der Waals surface area contributed by atoms with Gasteiger partial charge in [-0.2, -0.15) is 0 Å². The minimum Gasteiger partial charge on any atom is -0.394 e. The standard InChI is InChI=1S/C14H23NO3/c1-13(2)8-11(17)15(12(18)9-13)14(10-16)6-4-3-5-7-14/h16H,3-10H2,1-2H3. The maximum atomic E-state index is 12.3. The molecule has 2 amide bonds. The van der Waals surface area contributed by atoms with Crippen LogP contribution in [0.4, 0.5) is 0 Å². The lowest BCUT2D eigenvalue weighted by Crippen LogP contribution is -2.61. The molecule has 1 aliphatic heterocycles. The van der Waals surface area contributed by atoms with Crippen LogP contribution in [-0.2, 0) is 9.59 Å². The molecule has 0 atom stereocenters. The van der Waals surface area contributed by atoms with E-state index in [0.717, 1.165) is 32.1 Å². The molecule has 0 aromatic carbocycles. The Labute approximate surface area is 108 Å². The number of hydrogen-bond donors (Lipinski definition) is 1. The zero-order chi connectivity index (χ0) is 13.4. The normalized spacial score (nSPS) is 27.4. The van der Waals surface area contributed by atoms with Crippen LogP contribution in [0.1, 0.15) is 58.8 Å². The third kappa shape index (κ3) is 2.30. The predicted octanol–water partition coefficient (Wildman–Crippen LogP) is 1.86. The molecule has 0 radical (unpaired) electrons. The van der Waals surface area contributed by atoms with Gasteiger partial charge in [-0.3, -0.25) is 14.5 Å². The molecule has 0 bridgehead atoms. The lowest BCUT2D eigenvalue weighted by atomic mass is 9.75. The average Bonchev–Trinajstić information content (AvgIpc) is 2.27. The van der Waals surface area contributed by atoms with E-state index in [9.17, 15) is 14.7 Å². The summed E-state index contributed by atoms with van der Waals surface area (Å²) in [5.41, 5.74) is -0.848. The molecule has 2 fully saturated rings. The van der Waals surface area contributed by atoms with E-state index in [2.05, 4.69) is 0 Å². The predicted molar refractivity (Wildman–Crippen MR) is 67.8 cm³/mol. The maximum Gasteiger partial charge on any atom is 0.230 e. The minimum absolute atomic E-state index is 0.0924. The van der Waals surface area contributed by atoms with Crippen LogP contribution in [0.5, 0.6) is 0 Å². The monoisotopic (exact) mass is 253 g/mol. The number of rotatable bonds is 2. The first kappa shape index (κ1) is 13.5. The van der Waals surface area contributed by atoms with Gasteiger partial charge >= 0.3 is 0 Å². The summed E-state index contributed by atoms with van der Waals surface area (Å²) in [6.45, 7) is 3.81. The van der Waals surface area contributed by atoms with Crippen LogP contribution in [0.15, 0.2) is 0 Å². The third-order valence-electron chi connectivity index (χ3n) is 4.31. The van der Waals surface area contributed by atoms with E-state index in [4.69, 9.17) is 0 Å². The van der Waals surface area contributed by atoms with E-state index in [1.165, 1.54) is 4.90 Å². The molecule has 4 heteroatoms. The van der Waals surface area contributed by atoms with Crippen molar-refractivity contribution in [1.29, 1.82) is 0 Å². The Kier molecular flexibility index (Phi) is 3.49. The number of hydrogen-bond acceptors (Lipinski definition) is 3. The molecule has 102 valence electrons. The molecule has 1 saturated heterocycles. The van der Waals surface area contributed by atoms with Gasteiger partial charge < -0.3 is 5.11 Å². The first-order valence-electron chi connectivity index (χ1n) is 6.87. The molecular weight excluding hydrogens is 230 g/mol. The van der Waals surface area contributed by atoms with Crippen molar-refractivity contribution in [2.75, 3.05) is 6.61 Å². The molecule has 2 rings (SSSR count). The maximum absolute atomic E-state index is 12.3. The van der Waals surface area contributed by atoms with Crippen LogP contribution in [0.3, 0.4) is 0 Å². The van der Waals surface area contributed by atoms with Gasteiger partial charge in [0.25, 0.3) is 0 Å². The van der Waals surface area contributed by atoms with Crippen molar-refractivity contribution in [3.63, 3.8) is 0 Å². The number of likely N-dealkylation sites (tertiary alicyclic amines) is 1. The summed E-state index contributed by atoms with van der Waals surface area (Å²) in [4.78, 5) is 26.0. The molecule has 1 N–H and O–H groups in total. The Morgan fingerprint density at radius 2 is 1.56 bits per heavy atom. The largest absolute Gasteiger partial charge is 0.394 e. The van der Waals surface area contributed by atoms with Crippen molar-refractivity contribution < 1.29 is 14.7 Å². The van der Waals surface area contributed by atoms with Gasteiger partial charge in [0.1, 0.15) is 0 Å². The van der Waals surface area contributed by atoms with Crippen LogP contribution in [0.25, 0.3) is 0 Å². The first-order chi connectivity index (χ1) is 8.40. The number of aliphatic hydroxyl groups is 1. The number of nitrogens with zero attached hydrogens (tertiary/aromatic N) is 1. The molecule has 2 aliphatic rings. The van der Waals surface area contributed by atoms with Crippen LogP contribution in [0.2, 0.25) is 0 Å². The van der Waals surface area contributed by atoms with Crippen LogP contribution in [-0.4, -0.2) is 34.0 Å². The zero-order valence-corrected chi connectivity index (χ0v) is 11.4. The van der Waals surface area contributed by atoms with Crippen LogP contribution >= 0.6 is 0 Å². The Hall–Kier alpha value is -0.900. The Morgan fingerprint density at radius 3 is 2.00 bits per heavy atom. The lowest BCUT2D eigenvalue weighted by molar-refractivity contribution is -0.164. The Morgan fingerprint density at radius 1 is 1.06 bits per heavy atom.